The summed E-state index contributed by atoms with van der Waals surface area (Å²) in [4.78, 5) is 24.9. The number of rotatable bonds is 5. The first-order valence-corrected chi connectivity index (χ1v) is 5.55. The Morgan fingerprint density at radius 2 is 2.37 bits per heavy atom. The lowest BCUT2D eigenvalue weighted by molar-refractivity contribution is -0.384. The number of anilines is 1. The molecule has 8 nitrogen and oxygen atoms in total. The highest BCUT2D eigenvalue weighted by Crippen LogP contribution is 2.23. The summed E-state index contributed by atoms with van der Waals surface area (Å²) in [5.74, 6) is -0.438. The highest BCUT2D eigenvalue weighted by atomic mass is 16.6. The lowest BCUT2D eigenvalue weighted by Crippen LogP contribution is -2.24. The summed E-state index contributed by atoms with van der Waals surface area (Å²) in [5.41, 5.74) is 5.82. The number of amides is 1. The fourth-order valence-electron chi connectivity index (χ4n) is 1.65. The van der Waals surface area contributed by atoms with Gasteiger partial charge in [0.2, 0.25) is 5.91 Å². The molecular formula is C11H12N4O4. The summed E-state index contributed by atoms with van der Waals surface area (Å²) in [7, 11) is 0. The number of hydrogen-bond donors (Lipinski definition) is 2. The van der Waals surface area contributed by atoms with Gasteiger partial charge in [0.1, 0.15) is 5.52 Å². The van der Waals surface area contributed by atoms with Gasteiger partial charge in [0.05, 0.1) is 4.92 Å². The third kappa shape index (κ3) is 2.97. The molecule has 2 rings (SSSR count). The summed E-state index contributed by atoms with van der Waals surface area (Å²) in [6.45, 7) is 1.75. The Morgan fingerprint density at radius 1 is 1.63 bits per heavy atom. The van der Waals surface area contributed by atoms with Crippen molar-refractivity contribution in [1.29, 1.82) is 0 Å². The lowest BCUT2D eigenvalue weighted by atomic mass is 10.2. The third-order valence-corrected chi connectivity index (χ3v) is 2.46. The van der Waals surface area contributed by atoms with Crippen LogP contribution in [0.5, 0.6) is 0 Å². The molecule has 100 valence electrons. The Kier molecular flexibility index (Phi) is 3.32. The summed E-state index contributed by atoms with van der Waals surface area (Å²) in [5, 5.41) is 13.5. The van der Waals surface area contributed by atoms with E-state index in [9.17, 15) is 14.9 Å². The maximum absolute atomic E-state index is 10.7. The first-order valence-electron chi connectivity index (χ1n) is 5.55. The van der Waals surface area contributed by atoms with Gasteiger partial charge in [0.15, 0.2) is 5.58 Å². The van der Waals surface area contributed by atoms with E-state index in [-0.39, 0.29) is 24.2 Å². The molecule has 19 heavy (non-hydrogen) atoms. The fourth-order valence-corrected chi connectivity index (χ4v) is 1.65. The number of nitrogens with two attached hydrogens (primary N) is 1. The molecule has 0 aliphatic heterocycles. The van der Waals surface area contributed by atoms with E-state index in [1.54, 1.807) is 6.92 Å². The average Bonchev–Trinajstić information content (AvgIpc) is 2.68. The van der Waals surface area contributed by atoms with E-state index in [2.05, 4.69) is 10.3 Å². The van der Waals surface area contributed by atoms with Crippen molar-refractivity contribution in [3.63, 3.8) is 0 Å². The quantitative estimate of drug-likeness (QED) is 0.621. The molecule has 0 radical (unpaired) electrons. The topological polar surface area (TPSA) is 124 Å². The minimum Gasteiger partial charge on any atom is -0.424 e. The Morgan fingerprint density at radius 3 is 3.00 bits per heavy atom. The average molecular weight is 264 g/mol. The van der Waals surface area contributed by atoms with Crippen LogP contribution in [0.25, 0.3) is 11.1 Å². The number of carbonyl (C=O) groups is 1. The Bertz CT molecular complexity index is 637. The zero-order valence-electron chi connectivity index (χ0n) is 10.1. The second-order valence-electron chi connectivity index (χ2n) is 4.14. The number of benzene rings is 1. The molecule has 1 amide bonds. The van der Waals surface area contributed by atoms with Crippen molar-refractivity contribution in [1.82, 2.24) is 4.98 Å². The van der Waals surface area contributed by atoms with Crippen LogP contribution in [-0.2, 0) is 4.79 Å². The van der Waals surface area contributed by atoms with Gasteiger partial charge in [-0.2, -0.15) is 4.98 Å². The van der Waals surface area contributed by atoms with Crippen molar-refractivity contribution in [2.75, 3.05) is 5.32 Å². The molecule has 3 N–H and O–H groups in total. The van der Waals surface area contributed by atoms with E-state index < -0.39 is 10.8 Å². The van der Waals surface area contributed by atoms with Crippen molar-refractivity contribution >= 4 is 28.7 Å². The highest BCUT2D eigenvalue weighted by molar-refractivity contribution is 5.77. The number of nitrogens with one attached hydrogen (secondary N) is 1. The van der Waals surface area contributed by atoms with Crippen molar-refractivity contribution in [2.45, 2.75) is 19.4 Å². The van der Waals surface area contributed by atoms with E-state index >= 15 is 0 Å². The van der Waals surface area contributed by atoms with E-state index in [4.69, 9.17) is 10.2 Å². The fraction of sp³-hybridized carbons (Fsp3) is 0.273. The minimum absolute atomic E-state index is 0.0578. The zero-order valence-corrected chi connectivity index (χ0v) is 10.1. The molecule has 0 spiro atoms. The number of oxazole rings is 1. The highest BCUT2D eigenvalue weighted by Gasteiger charge is 2.13. The van der Waals surface area contributed by atoms with Gasteiger partial charge in [-0.25, -0.2) is 0 Å². The van der Waals surface area contributed by atoms with Crippen LogP contribution in [0.15, 0.2) is 22.6 Å². The zero-order chi connectivity index (χ0) is 14.0. The molecule has 1 atom stereocenters. The molecule has 2 aromatic rings. The summed E-state index contributed by atoms with van der Waals surface area (Å²) in [6, 6.07) is 4.10. The van der Waals surface area contributed by atoms with Gasteiger partial charge < -0.3 is 15.5 Å². The molecule has 0 aliphatic rings. The number of carbonyl (C=O) groups excluding carboxylic acids is 1. The Labute approximate surface area is 107 Å². The Balaban J connectivity index is 2.21. The molecule has 1 heterocycles. The van der Waals surface area contributed by atoms with E-state index in [1.165, 1.54) is 18.2 Å². The van der Waals surface area contributed by atoms with Crippen molar-refractivity contribution < 1.29 is 14.1 Å². The van der Waals surface area contributed by atoms with Crippen molar-refractivity contribution in [2.24, 2.45) is 5.73 Å². The molecule has 8 heteroatoms. The predicted molar refractivity (Wildman–Crippen MR) is 67.6 cm³/mol. The number of fused-ring (bicyclic) bond motifs is 1. The first kappa shape index (κ1) is 12.8. The first-order chi connectivity index (χ1) is 8.95. The number of primary amides is 1. The monoisotopic (exact) mass is 264 g/mol. The third-order valence-electron chi connectivity index (χ3n) is 2.46. The molecule has 0 aliphatic carbocycles. The van der Waals surface area contributed by atoms with Crippen LogP contribution >= 0.6 is 0 Å². The standard InChI is InChI=1S/C11H12N4O4/c1-6(4-10(12)16)13-11-14-8-5-7(15(17)18)2-3-9(8)19-11/h2-3,5-6H,4H2,1H3,(H2,12,16)(H,13,14). The van der Waals surface area contributed by atoms with E-state index in [0.29, 0.717) is 11.1 Å². The molecule has 0 bridgehead atoms. The van der Waals surface area contributed by atoms with Crippen molar-refractivity contribution in [3.05, 3.63) is 28.3 Å². The van der Waals surface area contributed by atoms with Crippen LogP contribution in [0.4, 0.5) is 11.7 Å². The smallest absolute Gasteiger partial charge is 0.295 e. The molecular weight excluding hydrogens is 252 g/mol. The Hall–Kier alpha value is -2.64. The predicted octanol–water partition coefficient (Wildman–Crippen LogP) is 1.41. The van der Waals surface area contributed by atoms with Gasteiger partial charge in [0, 0.05) is 24.6 Å². The summed E-state index contributed by atoms with van der Waals surface area (Å²) < 4.78 is 5.36. The van der Waals surface area contributed by atoms with Crippen molar-refractivity contribution in [3.8, 4) is 0 Å². The van der Waals surface area contributed by atoms with Gasteiger partial charge in [-0.3, -0.25) is 14.9 Å². The van der Waals surface area contributed by atoms with Gasteiger partial charge in [-0.1, -0.05) is 0 Å². The second-order valence-corrected chi connectivity index (χ2v) is 4.14. The van der Waals surface area contributed by atoms with E-state index in [1.807, 2.05) is 0 Å². The number of nitro benzene ring substituents is 1. The number of hydrogen-bond acceptors (Lipinski definition) is 6. The molecule has 1 aromatic heterocycles. The lowest BCUT2D eigenvalue weighted by Gasteiger charge is -2.08. The summed E-state index contributed by atoms with van der Waals surface area (Å²) in [6.07, 6.45) is 0.138. The van der Waals surface area contributed by atoms with Gasteiger partial charge in [0.25, 0.3) is 11.7 Å². The van der Waals surface area contributed by atoms with Crippen LogP contribution in [-0.4, -0.2) is 21.9 Å². The van der Waals surface area contributed by atoms with Gasteiger partial charge >= 0.3 is 0 Å². The number of nitro groups is 1. The molecule has 0 saturated carbocycles. The normalized spacial score (nSPS) is 12.3. The van der Waals surface area contributed by atoms with Crippen LogP contribution in [0.2, 0.25) is 0 Å². The number of aromatic nitrogens is 1. The van der Waals surface area contributed by atoms with Gasteiger partial charge in [-0.05, 0) is 13.0 Å². The van der Waals surface area contributed by atoms with Crippen LogP contribution < -0.4 is 11.1 Å². The minimum atomic E-state index is -0.503. The maximum Gasteiger partial charge on any atom is 0.295 e. The van der Waals surface area contributed by atoms with Gasteiger partial charge in [-0.15, -0.1) is 0 Å². The van der Waals surface area contributed by atoms with E-state index in [0.717, 1.165) is 0 Å². The summed E-state index contributed by atoms with van der Waals surface area (Å²) >= 11 is 0. The molecule has 0 saturated heterocycles. The number of nitrogens with zero attached hydrogens (tertiary/aromatic N) is 2. The van der Waals surface area contributed by atoms with Crippen LogP contribution in [0.3, 0.4) is 0 Å². The van der Waals surface area contributed by atoms with Crippen LogP contribution in [0, 0.1) is 10.1 Å². The maximum atomic E-state index is 10.7. The second kappa shape index (κ2) is 4.92. The number of non-ortho nitro benzene ring substituents is 1. The van der Waals surface area contributed by atoms with Crippen LogP contribution in [0.1, 0.15) is 13.3 Å². The SMILES string of the molecule is CC(CC(N)=O)Nc1nc2cc([N+](=O)[O-])ccc2o1. The largest absolute Gasteiger partial charge is 0.424 e. The molecule has 1 unspecified atom stereocenters. The molecule has 0 fully saturated rings. The molecule has 1 aromatic carbocycles.